The smallest absolute Gasteiger partial charge is 0.203 e. The molecule has 0 aliphatic carbocycles. The van der Waals surface area contributed by atoms with Crippen LogP contribution in [0.4, 0.5) is 16.0 Å². The number of aryl methyl sites for hydroxylation is 1. The minimum Gasteiger partial charge on any atom is -0.376 e. The second kappa shape index (κ2) is 5.63. The molecule has 3 aromatic rings. The number of hydrogen-bond donors (Lipinski definition) is 1. The zero-order valence-corrected chi connectivity index (χ0v) is 12.8. The first-order chi connectivity index (χ1) is 10.6. The number of aromatic nitrogens is 3. The van der Waals surface area contributed by atoms with Gasteiger partial charge in [-0.3, -0.25) is 4.98 Å². The Hall–Kier alpha value is -2.63. The summed E-state index contributed by atoms with van der Waals surface area (Å²) in [7, 11) is 5.83. The van der Waals surface area contributed by atoms with Crippen molar-refractivity contribution in [1.29, 1.82) is 0 Å². The number of nitrogens with zero attached hydrogens (tertiary/aromatic N) is 4. The molecular formula is C16H18FN5. The number of rotatable bonds is 4. The van der Waals surface area contributed by atoms with E-state index in [1.165, 1.54) is 12.1 Å². The van der Waals surface area contributed by atoms with Gasteiger partial charge in [-0.05, 0) is 30.3 Å². The molecule has 0 amide bonds. The van der Waals surface area contributed by atoms with Gasteiger partial charge in [-0.2, -0.15) is 0 Å². The first-order valence-corrected chi connectivity index (χ1v) is 7.03. The maximum Gasteiger partial charge on any atom is 0.203 e. The van der Waals surface area contributed by atoms with Gasteiger partial charge < -0.3 is 14.8 Å². The predicted octanol–water partition coefficient (Wildman–Crippen LogP) is 2.79. The molecule has 0 spiro atoms. The number of anilines is 2. The molecule has 5 nitrogen and oxygen atoms in total. The SMILES string of the molecule is CN(C)c1cccnc1CNc1nc2ccc(F)cc2n1C. The van der Waals surface area contributed by atoms with Gasteiger partial charge in [0.1, 0.15) is 5.82 Å². The van der Waals surface area contributed by atoms with E-state index in [1.54, 1.807) is 12.3 Å². The highest BCUT2D eigenvalue weighted by Crippen LogP contribution is 2.21. The van der Waals surface area contributed by atoms with Gasteiger partial charge in [-0.1, -0.05) is 0 Å². The van der Waals surface area contributed by atoms with Gasteiger partial charge in [0, 0.05) is 27.3 Å². The summed E-state index contributed by atoms with van der Waals surface area (Å²) in [5, 5.41) is 3.27. The van der Waals surface area contributed by atoms with Crippen LogP contribution in [0.1, 0.15) is 5.69 Å². The number of imidazole rings is 1. The lowest BCUT2D eigenvalue weighted by molar-refractivity contribution is 0.629. The lowest BCUT2D eigenvalue weighted by Gasteiger charge is -2.16. The average Bonchev–Trinajstić information content (AvgIpc) is 2.81. The van der Waals surface area contributed by atoms with E-state index in [2.05, 4.69) is 15.3 Å². The first-order valence-electron chi connectivity index (χ1n) is 7.03. The molecule has 0 aliphatic heterocycles. The van der Waals surface area contributed by atoms with Crippen LogP contribution < -0.4 is 10.2 Å². The first kappa shape index (κ1) is 14.3. The number of benzene rings is 1. The molecule has 114 valence electrons. The van der Waals surface area contributed by atoms with Crippen LogP contribution in [0.3, 0.4) is 0 Å². The van der Waals surface area contributed by atoms with Crippen molar-refractivity contribution < 1.29 is 4.39 Å². The Bertz CT molecular complexity index is 809. The monoisotopic (exact) mass is 299 g/mol. The third-order valence-corrected chi connectivity index (χ3v) is 3.60. The molecule has 1 aromatic carbocycles. The Morgan fingerprint density at radius 3 is 2.86 bits per heavy atom. The predicted molar refractivity (Wildman–Crippen MR) is 86.6 cm³/mol. The van der Waals surface area contributed by atoms with Crippen LogP contribution in [0.2, 0.25) is 0 Å². The zero-order chi connectivity index (χ0) is 15.7. The topological polar surface area (TPSA) is 46.0 Å². The molecule has 3 rings (SSSR count). The van der Waals surface area contributed by atoms with Crippen LogP contribution in [0.15, 0.2) is 36.5 Å². The quantitative estimate of drug-likeness (QED) is 0.804. The molecule has 0 unspecified atom stereocenters. The fourth-order valence-electron chi connectivity index (χ4n) is 2.46. The average molecular weight is 299 g/mol. The Balaban J connectivity index is 1.87. The molecule has 0 saturated carbocycles. The van der Waals surface area contributed by atoms with Crippen LogP contribution in [0, 0.1) is 5.82 Å². The van der Waals surface area contributed by atoms with Crippen molar-refractivity contribution in [1.82, 2.24) is 14.5 Å². The van der Waals surface area contributed by atoms with Gasteiger partial charge in [-0.25, -0.2) is 9.37 Å². The second-order valence-corrected chi connectivity index (χ2v) is 5.34. The molecule has 0 aliphatic rings. The Labute approximate surface area is 128 Å². The maximum atomic E-state index is 13.3. The molecule has 1 N–H and O–H groups in total. The fourth-order valence-corrected chi connectivity index (χ4v) is 2.46. The van der Waals surface area contributed by atoms with E-state index < -0.39 is 0 Å². The van der Waals surface area contributed by atoms with E-state index in [9.17, 15) is 4.39 Å². The van der Waals surface area contributed by atoms with Crippen molar-refractivity contribution in [2.24, 2.45) is 7.05 Å². The van der Waals surface area contributed by atoms with E-state index in [-0.39, 0.29) is 5.82 Å². The van der Waals surface area contributed by atoms with Crippen LogP contribution in [0.5, 0.6) is 0 Å². The highest BCUT2D eigenvalue weighted by atomic mass is 19.1. The van der Waals surface area contributed by atoms with Gasteiger partial charge in [-0.15, -0.1) is 0 Å². The van der Waals surface area contributed by atoms with E-state index in [4.69, 9.17) is 0 Å². The molecule has 0 fully saturated rings. The van der Waals surface area contributed by atoms with Crippen molar-refractivity contribution >= 4 is 22.7 Å². The van der Waals surface area contributed by atoms with E-state index in [0.29, 0.717) is 12.5 Å². The summed E-state index contributed by atoms with van der Waals surface area (Å²) < 4.78 is 15.2. The summed E-state index contributed by atoms with van der Waals surface area (Å²) in [6.45, 7) is 0.550. The number of halogens is 1. The van der Waals surface area contributed by atoms with Crippen molar-refractivity contribution in [3.05, 3.63) is 48.0 Å². The maximum absolute atomic E-state index is 13.3. The van der Waals surface area contributed by atoms with E-state index >= 15 is 0 Å². The van der Waals surface area contributed by atoms with Crippen molar-refractivity contribution in [3.8, 4) is 0 Å². The minimum absolute atomic E-state index is 0.262. The van der Waals surface area contributed by atoms with Gasteiger partial charge in [0.05, 0.1) is 29.0 Å². The summed E-state index contributed by atoms with van der Waals surface area (Å²) in [6, 6.07) is 8.52. The molecule has 0 saturated heterocycles. The molecule has 22 heavy (non-hydrogen) atoms. The lowest BCUT2D eigenvalue weighted by atomic mass is 10.3. The zero-order valence-electron chi connectivity index (χ0n) is 12.8. The van der Waals surface area contributed by atoms with Gasteiger partial charge in [0.25, 0.3) is 0 Å². The van der Waals surface area contributed by atoms with Gasteiger partial charge in [0.2, 0.25) is 5.95 Å². The largest absolute Gasteiger partial charge is 0.376 e. The molecule has 0 radical (unpaired) electrons. The summed E-state index contributed by atoms with van der Waals surface area (Å²) in [5.41, 5.74) is 3.52. The van der Waals surface area contributed by atoms with Crippen LogP contribution in [-0.4, -0.2) is 28.6 Å². The highest BCUT2D eigenvalue weighted by Gasteiger charge is 2.10. The number of hydrogen-bond acceptors (Lipinski definition) is 4. The molecule has 2 aromatic heterocycles. The van der Waals surface area contributed by atoms with Crippen molar-refractivity contribution in [3.63, 3.8) is 0 Å². The summed E-state index contributed by atoms with van der Waals surface area (Å²) >= 11 is 0. The van der Waals surface area contributed by atoms with E-state index in [0.717, 1.165) is 22.4 Å². The summed E-state index contributed by atoms with van der Waals surface area (Å²) in [4.78, 5) is 10.9. The molecule has 0 atom stereocenters. The summed E-state index contributed by atoms with van der Waals surface area (Å²) in [6.07, 6.45) is 1.77. The standard InChI is InChI=1S/C16H18FN5/c1-21(2)14-5-4-8-18-13(14)10-19-16-20-12-7-6-11(17)9-15(12)22(16)3/h4-9H,10H2,1-3H3,(H,19,20). The molecule has 2 heterocycles. The normalized spacial score (nSPS) is 10.9. The Morgan fingerprint density at radius 2 is 2.09 bits per heavy atom. The third-order valence-electron chi connectivity index (χ3n) is 3.60. The molecule has 6 heteroatoms. The molecule has 0 bridgehead atoms. The lowest BCUT2D eigenvalue weighted by Crippen LogP contribution is -2.15. The van der Waals surface area contributed by atoms with Gasteiger partial charge in [0.15, 0.2) is 0 Å². The second-order valence-electron chi connectivity index (χ2n) is 5.34. The molecular weight excluding hydrogens is 281 g/mol. The number of fused-ring (bicyclic) bond motifs is 1. The Kier molecular flexibility index (Phi) is 3.66. The van der Waals surface area contributed by atoms with E-state index in [1.807, 2.05) is 42.7 Å². The highest BCUT2D eigenvalue weighted by molar-refractivity contribution is 5.78. The van der Waals surface area contributed by atoms with Crippen LogP contribution >= 0.6 is 0 Å². The number of nitrogens with one attached hydrogen (secondary N) is 1. The number of pyridine rings is 1. The van der Waals surface area contributed by atoms with Crippen molar-refractivity contribution in [2.45, 2.75) is 6.54 Å². The Morgan fingerprint density at radius 1 is 1.27 bits per heavy atom. The third kappa shape index (κ3) is 2.59. The van der Waals surface area contributed by atoms with Crippen LogP contribution in [0.25, 0.3) is 11.0 Å². The van der Waals surface area contributed by atoms with Crippen molar-refractivity contribution in [2.75, 3.05) is 24.3 Å². The minimum atomic E-state index is -0.262. The van der Waals surface area contributed by atoms with Gasteiger partial charge >= 0.3 is 0 Å². The summed E-state index contributed by atoms with van der Waals surface area (Å²) in [5.74, 6) is 0.428. The van der Waals surface area contributed by atoms with Crippen LogP contribution in [-0.2, 0) is 13.6 Å². The fraction of sp³-hybridized carbons (Fsp3) is 0.250.